The molecule has 2 heteroatoms. The first-order chi connectivity index (χ1) is 10.2. The lowest BCUT2D eigenvalue weighted by atomic mass is 9.81. The lowest BCUT2D eigenvalue weighted by molar-refractivity contribution is 0.0665. The van der Waals surface area contributed by atoms with Crippen LogP contribution in [-0.2, 0) is 6.42 Å². The first-order valence-corrected chi connectivity index (χ1v) is 8.74. The number of hydrogen-bond donors (Lipinski definition) is 1. The van der Waals surface area contributed by atoms with Crippen molar-refractivity contribution in [2.24, 2.45) is 11.8 Å². The normalized spacial score (nSPS) is 33.7. The van der Waals surface area contributed by atoms with E-state index in [1.807, 2.05) is 0 Å². The highest BCUT2D eigenvalue weighted by atomic mass is 15.2. The second-order valence-electron chi connectivity index (χ2n) is 7.24. The summed E-state index contributed by atoms with van der Waals surface area (Å²) in [7, 11) is 0. The van der Waals surface area contributed by atoms with Crippen LogP contribution in [0.3, 0.4) is 0 Å². The Labute approximate surface area is 129 Å². The molecule has 0 amide bonds. The van der Waals surface area contributed by atoms with E-state index in [1.54, 1.807) is 11.1 Å². The fraction of sp³-hybridized carbons (Fsp3) is 0.684. The molecular formula is C19H30N2. The molecule has 2 aliphatic rings. The molecule has 2 nitrogen and oxygen atoms in total. The summed E-state index contributed by atoms with van der Waals surface area (Å²) in [5, 5.41) is 3.78. The van der Waals surface area contributed by atoms with Crippen LogP contribution in [0.4, 0.5) is 0 Å². The molecular weight excluding hydrogens is 256 g/mol. The van der Waals surface area contributed by atoms with E-state index < -0.39 is 0 Å². The van der Waals surface area contributed by atoms with Crippen molar-refractivity contribution in [1.29, 1.82) is 0 Å². The maximum atomic E-state index is 3.78. The van der Waals surface area contributed by atoms with Crippen molar-refractivity contribution in [3.8, 4) is 0 Å². The van der Waals surface area contributed by atoms with Crippen molar-refractivity contribution < 1.29 is 0 Å². The zero-order valence-corrected chi connectivity index (χ0v) is 13.8. The zero-order valence-electron chi connectivity index (χ0n) is 13.8. The second kappa shape index (κ2) is 6.50. The summed E-state index contributed by atoms with van der Waals surface area (Å²) >= 11 is 0. The van der Waals surface area contributed by atoms with Gasteiger partial charge in [0, 0.05) is 25.2 Å². The van der Waals surface area contributed by atoms with Gasteiger partial charge < -0.3 is 5.32 Å². The minimum Gasteiger partial charge on any atom is -0.309 e. The summed E-state index contributed by atoms with van der Waals surface area (Å²) in [6, 6.07) is 10.2. The van der Waals surface area contributed by atoms with E-state index in [0.29, 0.717) is 12.1 Å². The van der Waals surface area contributed by atoms with Crippen LogP contribution in [0.15, 0.2) is 24.3 Å². The number of rotatable bonds is 3. The molecule has 0 bridgehead atoms. The standard InChI is InChI=1S/C19H30N2/c1-4-20-19-17-8-6-5-7-16(17)9-10-18(19)21-12-14(2)11-15(3)13-21/h5-8,14-15,18-20H,4,9-13H2,1-3H3. The molecule has 0 aromatic heterocycles. The van der Waals surface area contributed by atoms with Crippen molar-refractivity contribution in [3.05, 3.63) is 35.4 Å². The quantitative estimate of drug-likeness (QED) is 0.913. The predicted octanol–water partition coefficient (Wildman–Crippen LogP) is 3.63. The molecule has 1 N–H and O–H groups in total. The van der Waals surface area contributed by atoms with E-state index in [4.69, 9.17) is 0 Å². The highest BCUT2D eigenvalue weighted by Crippen LogP contribution is 2.35. The molecule has 1 aromatic rings. The average Bonchev–Trinajstić information content (AvgIpc) is 2.47. The molecule has 1 aliphatic heterocycles. The third kappa shape index (κ3) is 3.17. The molecule has 0 spiro atoms. The van der Waals surface area contributed by atoms with Crippen molar-refractivity contribution in [2.45, 2.75) is 52.1 Å². The van der Waals surface area contributed by atoms with Gasteiger partial charge in [-0.15, -0.1) is 0 Å². The Kier molecular flexibility index (Phi) is 4.66. The van der Waals surface area contributed by atoms with Crippen molar-refractivity contribution >= 4 is 0 Å². The van der Waals surface area contributed by atoms with Crippen LogP contribution < -0.4 is 5.32 Å². The van der Waals surface area contributed by atoms with Crippen LogP contribution in [0.25, 0.3) is 0 Å². The van der Waals surface area contributed by atoms with Gasteiger partial charge in [0.25, 0.3) is 0 Å². The topological polar surface area (TPSA) is 15.3 Å². The minimum absolute atomic E-state index is 0.512. The van der Waals surface area contributed by atoms with Crippen LogP contribution in [0.5, 0.6) is 0 Å². The molecule has 1 aliphatic carbocycles. The third-order valence-electron chi connectivity index (χ3n) is 5.27. The first kappa shape index (κ1) is 15.1. The van der Waals surface area contributed by atoms with Gasteiger partial charge in [-0.25, -0.2) is 0 Å². The number of likely N-dealkylation sites (N-methyl/N-ethyl adjacent to an activating group) is 1. The van der Waals surface area contributed by atoms with Gasteiger partial charge in [0.1, 0.15) is 0 Å². The van der Waals surface area contributed by atoms with E-state index in [2.05, 4.69) is 55.3 Å². The smallest absolute Gasteiger partial charge is 0.0480 e. The first-order valence-electron chi connectivity index (χ1n) is 8.74. The summed E-state index contributed by atoms with van der Waals surface area (Å²) in [6.07, 6.45) is 3.93. The molecule has 4 atom stereocenters. The van der Waals surface area contributed by atoms with E-state index in [9.17, 15) is 0 Å². The fourth-order valence-electron chi connectivity index (χ4n) is 4.58. The van der Waals surface area contributed by atoms with Crippen molar-refractivity contribution in [3.63, 3.8) is 0 Å². The molecule has 1 heterocycles. The Morgan fingerprint density at radius 1 is 1.14 bits per heavy atom. The van der Waals surface area contributed by atoms with Gasteiger partial charge in [-0.1, -0.05) is 45.0 Å². The van der Waals surface area contributed by atoms with E-state index in [-0.39, 0.29) is 0 Å². The number of hydrogen-bond acceptors (Lipinski definition) is 2. The number of fused-ring (bicyclic) bond motifs is 1. The Bertz CT molecular complexity index is 460. The van der Waals surface area contributed by atoms with Crippen molar-refractivity contribution in [2.75, 3.05) is 19.6 Å². The van der Waals surface area contributed by atoms with E-state index in [1.165, 1.54) is 32.4 Å². The monoisotopic (exact) mass is 286 g/mol. The van der Waals surface area contributed by atoms with Gasteiger partial charge in [0.05, 0.1) is 0 Å². The number of aryl methyl sites for hydroxylation is 1. The number of nitrogens with zero attached hydrogens (tertiary/aromatic N) is 1. The van der Waals surface area contributed by atoms with Gasteiger partial charge in [0.2, 0.25) is 0 Å². The molecule has 1 fully saturated rings. The number of benzene rings is 1. The summed E-state index contributed by atoms with van der Waals surface area (Å²) in [4.78, 5) is 2.78. The molecule has 21 heavy (non-hydrogen) atoms. The number of likely N-dealkylation sites (tertiary alicyclic amines) is 1. The molecule has 4 unspecified atom stereocenters. The highest BCUT2D eigenvalue weighted by molar-refractivity contribution is 5.34. The van der Waals surface area contributed by atoms with Crippen LogP contribution in [0.1, 0.15) is 50.8 Å². The lowest BCUT2D eigenvalue weighted by Crippen LogP contribution is -2.52. The summed E-state index contributed by atoms with van der Waals surface area (Å²) in [5.74, 6) is 1.68. The highest BCUT2D eigenvalue weighted by Gasteiger charge is 2.35. The Morgan fingerprint density at radius 3 is 2.57 bits per heavy atom. The van der Waals surface area contributed by atoms with Gasteiger partial charge in [-0.3, -0.25) is 4.90 Å². The molecule has 0 radical (unpaired) electrons. The lowest BCUT2D eigenvalue weighted by Gasteiger charge is -2.46. The molecule has 1 aromatic carbocycles. The molecule has 1 saturated heterocycles. The summed E-state index contributed by atoms with van der Waals surface area (Å²) in [5.41, 5.74) is 3.10. The third-order valence-corrected chi connectivity index (χ3v) is 5.27. The Balaban J connectivity index is 1.84. The number of piperidine rings is 1. The largest absolute Gasteiger partial charge is 0.309 e. The fourth-order valence-corrected chi connectivity index (χ4v) is 4.58. The van der Waals surface area contributed by atoms with Gasteiger partial charge in [-0.2, -0.15) is 0 Å². The second-order valence-corrected chi connectivity index (χ2v) is 7.24. The maximum absolute atomic E-state index is 3.78. The van der Waals surface area contributed by atoms with Gasteiger partial charge >= 0.3 is 0 Å². The Hall–Kier alpha value is -0.860. The van der Waals surface area contributed by atoms with Crippen LogP contribution in [0, 0.1) is 11.8 Å². The maximum Gasteiger partial charge on any atom is 0.0480 e. The zero-order chi connectivity index (χ0) is 14.8. The summed E-state index contributed by atoms with van der Waals surface area (Å²) < 4.78 is 0. The minimum atomic E-state index is 0.512. The SMILES string of the molecule is CCNC1c2ccccc2CCC1N1CC(C)CC(C)C1. The Morgan fingerprint density at radius 2 is 1.86 bits per heavy atom. The van der Waals surface area contributed by atoms with Gasteiger partial charge in [-0.05, 0) is 48.8 Å². The van der Waals surface area contributed by atoms with Gasteiger partial charge in [0.15, 0.2) is 0 Å². The van der Waals surface area contributed by atoms with E-state index >= 15 is 0 Å². The molecule has 116 valence electrons. The molecule has 0 saturated carbocycles. The predicted molar refractivity (Wildman–Crippen MR) is 89.5 cm³/mol. The summed E-state index contributed by atoms with van der Waals surface area (Å²) in [6.45, 7) is 10.7. The van der Waals surface area contributed by atoms with Crippen molar-refractivity contribution in [1.82, 2.24) is 10.2 Å². The van der Waals surface area contributed by atoms with Crippen LogP contribution in [0.2, 0.25) is 0 Å². The van der Waals surface area contributed by atoms with E-state index in [0.717, 1.165) is 18.4 Å². The van der Waals surface area contributed by atoms with Crippen LogP contribution >= 0.6 is 0 Å². The number of nitrogens with one attached hydrogen (secondary N) is 1. The average molecular weight is 286 g/mol. The van der Waals surface area contributed by atoms with Crippen LogP contribution in [-0.4, -0.2) is 30.6 Å². The molecule has 3 rings (SSSR count).